The van der Waals surface area contributed by atoms with Gasteiger partial charge in [0, 0.05) is 30.4 Å². The Kier molecular flexibility index (Phi) is 5.43. The number of benzene rings is 1. The first kappa shape index (κ1) is 16.1. The Morgan fingerprint density at radius 1 is 1.33 bits per heavy atom. The molecule has 114 valence electrons. The average Bonchev–Trinajstić information content (AvgIpc) is 2.83. The molecule has 0 saturated heterocycles. The van der Waals surface area contributed by atoms with Crippen LogP contribution in [0.4, 0.5) is 0 Å². The summed E-state index contributed by atoms with van der Waals surface area (Å²) in [6, 6.07) is 6.29. The summed E-state index contributed by atoms with van der Waals surface area (Å²) in [7, 11) is 1.96. The maximum atomic E-state index is 6.43. The fourth-order valence-corrected chi connectivity index (χ4v) is 2.66. The van der Waals surface area contributed by atoms with E-state index in [4.69, 9.17) is 11.6 Å². The minimum absolute atomic E-state index is 0.394. The van der Waals surface area contributed by atoms with Crippen LogP contribution in [0.25, 0.3) is 11.1 Å². The van der Waals surface area contributed by atoms with Gasteiger partial charge in [-0.05, 0) is 36.1 Å². The standard InChI is InChI=1S/C17H24ClN3/c1-5-8-19-10-14-7-6-13(9-16(14)18)15-11-21(4)20-17(15)12(2)3/h6-7,9,11-12,19H,5,8,10H2,1-4H3. The molecule has 1 aromatic carbocycles. The van der Waals surface area contributed by atoms with Crippen molar-refractivity contribution >= 4 is 11.6 Å². The molecular weight excluding hydrogens is 282 g/mol. The molecule has 4 heteroatoms. The zero-order chi connectivity index (χ0) is 15.4. The van der Waals surface area contributed by atoms with Gasteiger partial charge in [0.1, 0.15) is 0 Å². The van der Waals surface area contributed by atoms with Crippen LogP contribution in [0.3, 0.4) is 0 Å². The third-order valence-electron chi connectivity index (χ3n) is 3.51. The molecule has 3 nitrogen and oxygen atoms in total. The molecule has 0 unspecified atom stereocenters. The van der Waals surface area contributed by atoms with Crippen molar-refractivity contribution in [2.45, 2.75) is 39.7 Å². The highest BCUT2D eigenvalue weighted by atomic mass is 35.5. The minimum Gasteiger partial charge on any atom is -0.313 e. The third-order valence-corrected chi connectivity index (χ3v) is 3.86. The number of aromatic nitrogens is 2. The molecule has 0 bridgehead atoms. The van der Waals surface area contributed by atoms with Gasteiger partial charge in [0.2, 0.25) is 0 Å². The average molecular weight is 306 g/mol. The first-order valence-corrected chi connectivity index (χ1v) is 7.93. The Morgan fingerprint density at radius 3 is 2.71 bits per heavy atom. The SMILES string of the molecule is CCCNCc1ccc(-c2cn(C)nc2C(C)C)cc1Cl. The van der Waals surface area contributed by atoms with Crippen molar-refractivity contribution in [3.8, 4) is 11.1 Å². The lowest BCUT2D eigenvalue weighted by Gasteiger charge is -2.09. The Hall–Kier alpha value is -1.32. The molecule has 0 radical (unpaired) electrons. The largest absolute Gasteiger partial charge is 0.313 e. The van der Waals surface area contributed by atoms with Crippen LogP contribution >= 0.6 is 11.6 Å². The number of hydrogen-bond donors (Lipinski definition) is 1. The van der Waals surface area contributed by atoms with Gasteiger partial charge in [-0.25, -0.2) is 0 Å². The van der Waals surface area contributed by atoms with Crippen molar-refractivity contribution in [2.75, 3.05) is 6.54 Å². The number of rotatable bonds is 6. The van der Waals surface area contributed by atoms with Gasteiger partial charge >= 0.3 is 0 Å². The van der Waals surface area contributed by atoms with Crippen LogP contribution in [0.5, 0.6) is 0 Å². The van der Waals surface area contributed by atoms with E-state index >= 15 is 0 Å². The van der Waals surface area contributed by atoms with E-state index in [1.54, 1.807) is 0 Å². The summed E-state index contributed by atoms with van der Waals surface area (Å²) >= 11 is 6.43. The lowest BCUT2D eigenvalue weighted by atomic mass is 9.99. The number of aryl methyl sites for hydroxylation is 1. The Morgan fingerprint density at radius 2 is 2.10 bits per heavy atom. The Labute approximate surface area is 132 Å². The van der Waals surface area contributed by atoms with Gasteiger partial charge < -0.3 is 5.32 Å². The molecule has 0 amide bonds. The summed E-state index contributed by atoms with van der Waals surface area (Å²) in [5.74, 6) is 0.394. The van der Waals surface area contributed by atoms with E-state index in [1.165, 1.54) is 5.56 Å². The van der Waals surface area contributed by atoms with Crippen LogP contribution in [-0.4, -0.2) is 16.3 Å². The molecule has 0 spiro atoms. The molecule has 0 aliphatic heterocycles. The minimum atomic E-state index is 0.394. The van der Waals surface area contributed by atoms with Crippen molar-refractivity contribution < 1.29 is 0 Å². The first-order valence-electron chi connectivity index (χ1n) is 7.56. The van der Waals surface area contributed by atoms with Crippen molar-refractivity contribution in [1.82, 2.24) is 15.1 Å². The lowest BCUT2D eigenvalue weighted by molar-refractivity contribution is 0.675. The van der Waals surface area contributed by atoms with Gasteiger partial charge in [-0.3, -0.25) is 4.68 Å². The molecule has 1 heterocycles. The molecule has 1 N–H and O–H groups in total. The third kappa shape index (κ3) is 3.86. The maximum absolute atomic E-state index is 6.43. The molecule has 0 atom stereocenters. The van der Waals surface area contributed by atoms with E-state index < -0.39 is 0 Å². The van der Waals surface area contributed by atoms with E-state index in [0.717, 1.165) is 41.4 Å². The van der Waals surface area contributed by atoms with Crippen LogP contribution in [0, 0.1) is 0 Å². The van der Waals surface area contributed by atoms with Gasteiger partial charge in [-0.1, -0.05) is 44.5 Å². The smallest absolute Gasteiger partial charge is 0.0728 e. The summed E-state index contributed by atoms with van der Waals surface area (Å²) in [5.41, 5.74) is 4.56. The molecule has 21 heavy (non-hydrogen) atoms. The van der Waals surface area contributed by atoms with Crippen LogP contribution in [0.1, 0.15) is 44.4 Å². The molecular formula is C17H24ClN3. The van der Waals surface area contributed by atoms with Crippen LogP contribution in [0.15, 0.2) is 24.4 Å². The van der Waals surface area contributed by atoms with Crippen molar-refractivity contribution in [2.24, 2.45) is 7.05 Å². The van der Waals surface area contributed by atoms with E-state index in [9.17, 15) is 0 Å². The fraction of sp³-hybridized carbons (Fsp3) is 0.471. The summed E-state index contributed by atoms with van der Waals surface area (Å²) < 4.78 is 1.87. The van der Waals surface area contributed by atoms with E-state index in [0.29, 0.717) is 5.92 Å². The van der Waals surface area contributed by atoms with Crippen molar-refractivity contribution in [1.29, 1.82) is 0 Å². The molecule has 0 fully saturated rings. The number of nitrogens with zero attached hydrogens (tertiary/aromatic N) is 2. The molecule has 2 rings (SSSR count). The Bertz CT molecular complexity index is 602. The zero-order valence-electron chi connectivity index (χ0n) is 13.3. The first-order chi connectivity index (χ1) is 10.0. The molecule has 0 aliphatic rings. The summed E-state index contributed by atoms with van der Waals surface area (Å²) in [6.45, 7) is 8.32. The van der Waals surface area contributed by atoms with Gasteiger partial charge in [0.25, 0.3) is 0 Å². The van der Waals surface area contributed by atoms with Crippen LogP contribution < -0.4 is 5.32 Å². The normalized spacial score (nSPS) is 11.3. The van der Waals surface area contributed by atoms with Gasteiger partial charge in [-0.15, -0.1) is 0 Å². The van der Waals surface area contributed by atoms with Gasteiger partial charge in [-0.2, -0.15) is 5.10 Å². The number of hydrogen-bond acceptors (Lipinski definition) is 2. The summed E-state index contributed by atoms with van der Waals surface area (Å²) in [6.07, 6.45) is 3.19. The highest BCUT2D eigenvalue weighted by Gasteiger charge is 2.14. The lowest BCUT2D eigenvalue weighted by Crippen LogP contribution is -2.13. The second kappa shape index (κ2) is 7.10. The number of nitrogens with one attached hydrogen (secondary N) is 1. The highest BCUT2D eigenvalue weighted by molar-refractivity contribution is 6.31. The molecule has 1 aromatic heterocycles. The topological polar surface area (TPSA) is 29.9 Å². The molecule has 0 saturated carbocycles. The second-order valence-corrected chi connectivity index (χ2v) is 6.15. The predicted molar refractivity (Wildman–Crippen MR) is 89.7 cm³/mol. The van der Waals surface area contributed by atoms with E-state index in [-0.39, 0.29) is 0 Å². The quantitative estimate of drug-likeness (QED) is 0.803. The van der Waals surface area contributed by atoms with Crippen LogP contribution in [0.2, 0.25) is 5.02 Å². The fourth-order valence-electron chi connectivity index (χ4n) is 2.41. The highest BCUT2D eigenvalue weighted by Crippen LogP contribution is 2.31. The zero-order valence-corrected chi connectivity index (χ0v) is 14.0. The second-order valence-electron chi connectivity index (χ2n) is 5.74. The van der Waals surface area contributed by atoms with Crippen LogP contribution in [-0.2, 0) is 13.6 Å². The van der Waals surface area contributed by atoms with Gasteiger partial charge in [0.15, 0.2) is 0 Å². The van der Waals surface area contributed by atoms with E-state index in [2.05, 4.69) is 49.5 Å². The van der Waals surface area contributed by atoms with Crippen molar-refractivity contribution in [3.05, 3.63) is 40.7 Å². The van der Waals surface area contributed by atoms with Crippen molar-refractivity contribution in [3.63, 3.8) is 0 Å². The Balaban J connectivity index is 2.27. The molecule has 0 aliphatic carbocycles. The summed E-state index contributed by atoms with van der Waals surface area (Å²) in [5, 5.41) is 8.76. The van der Waals surface area contributed by atoms with E-state index in [1.807, 2.05) is 17.8 Å². The molecule has 2 aromatic rings. The number of halogens is 1. The predicted octanol–water partition coefficient (Wildman–Crippen LogP) is 4.36. The van der Waals surface area contributed by atoms with Gasteiger partial charge in [0.05, 0.1) is 5.69 Å². The maximum Gasteiger partial charge on any atom is 0.0728 e. The summed E-state index contributed by atoms with van der Waals surface area (Å²) in [4.78, 5) is 0. The monoisotopic (exact) mass is 305 g/mol.